The van der Waals surface area contributed by atoms with Crippen LogP contribution >= 0.6 is 0 Å². The minimum atomic E-state index is -0.323. The molecule has 0 saturated carbocycles. The van der Waals surface area contributed by atoms with Crippen LogP contribution in [0.15, 0.2) is 36.5 Å². The molecule has 1 aromatic carbocycles. The van der Waals surface area contributed by atoms with E-state index in [1.54, 1.807) is 23.0 Å². The van der Waals surface area contributed by atoms with Gasteiger partial charge in [0.1, 0.15) is 0 Å². The number of hydrogen-bond donors (Lipinski definition) is 0. The Morgan fingerprint density at radius 2 is 1.94 bits per heavy atom. The molecule has 16 heavy (non-hydrogen) atoms. The molecule has 0 spiro atoms. The molecule has 0 fully saturated rings. The molecule has 0 unspecified atom stereocenters. The van der Waals surface area contributed by atoms with E-state index in [9.17, 15) is 4.79 Å². The smallest absolute Gasteiger partial charge is 0.337 e. The van der Waals surface area contributed by atoms with Gasteiger partial charge in [0.25, 0.3) is 0 Å². The molecule has 0 amide bonds. The van der Waals surface area contributed by atoms with Crippen molar-refractivity contribution < 1.29 is 9.53 Å². The second-order valence-electron chi connectivity index (χ2n) is 3.41. The summed E-state index contributed by atoms with van der Waals surface area (Å²) in [4.78, 5) is 11.2. The highest BCUT2D eigenvalue weighted by Crippen LogP contribution is 2.18. The van der Waals surface area contributed by atoms with Gasteiger partial charge in [0.15, 0.2) is 0 Å². The van der Waals surface area contributed by atoms with E-state index >= 15 is 0 Å². The summed E-state index contributed by atoms with van der Waals surface area (Å²) in [5.74, 6) is -0.323. The van der Waals surface area contributed by atoms with Crippen LogP contribution < -0.4 is 0 Å². The number of ether oxygens (including phenoxy) is 1. The summed E-state index contributed by atoms with van der Waals surface area (Å²) in [5.41, 5.74) is 2.58. The van der Waals surface area contributed by atoms with E-state index in [-0.39, 0.29) is 5.97 Å². The molecule has 0 N–H and O–H groups in total. The number of carbonyl (C=O) groups excluding carboxylic acids is 1. The van der Waals surface area contributed by atoms with Crippen LogP contribution in [-0.4, -0.2) is 22.9 Å². The Morgan fingerprint density at radius 3 is 2.44 bits per heavy atom. The van der Waals surface area contributed by atoms with Gasteiger partial charge in [-0.05, 0) is 23.8 Å². The molecule has 0 aliphatic heterocycles. The third kappa shape index (κ3) is 1.82. The number of carbonyl (C=O) groups is 1. The molecule has 4 nitrogen and oxygen atoms in total. The van der Waals surface area contributed by atoms with E-state index in [1.807, 2.05) is 25.2 Å². The van der Waals surface area contributed by atoms with E-state index < -0.39 is 0 Å². The highest BCUT2D eigenvalue weighted by molar-refractivity contribution is 5.89. The number of benzene rings is 1. The highest BCUT2D eigenvalue weighted by atomic mass is 16.5. The quantitative estimate of drug-likeness (QED) is 0.720. The molecule has 1 heterocycles. The molecular formula is C12H12N2O2. The van der Waals surface area contributed by atoms with Gasteiger partial charge in [0.05, 0.1) is 18.4 Å². The van der Waals surface area contributed by atoms with Crippen molar-refractivity contribution in [2.45, 2.75) is 0 Å². The summed E-state index contributed by atoms with van der Waals surface area (Å²) in [6, 6.07) is 9.17. The zero-order valence-corrected chi connectivity index (χ0v) is 9.18. The van der Waals surface area contributed by atoms with Gasteiger partial charge in [-0.2, -0.15) is 5.10 Å². The molecule has 4 heteroatoms. The van der Waals surface area contributed by atoms with Crippen molar-refractivity contribution in [1.29, 1.82) is 0 Å². The van der Waals surface area contributed by atoms with Crippen molar-refractivity contribution in [1.82, 2.24) is 9.78 Å². The Bertz CT molecular complexity index is 500. The van der Waals surface area contributed by atoms with E-state index in [4.69, 9.17) is 0 Å². The summed E-state index contributed by atoms with van der Waals surface area (Å²) in [7, 11) is 3.25. The van der Waals surface area contributed by atoms with Crippen LogP contribution in [0.3, 0.4) is 0 Å². The fraction of sp³-hybridized carbons (Fsp3) is 0.167. The summed E-state index contributed by atoms with van der Waals surface area (Å²) in [6.07, 6.45) is 1.74. The third-order valence-electron chi connectivity index (χ3n) is 2.42. The van der Waals surface area contributed by atoms with Crippen molar-refractivity contribution in [2.24, 2.45) is 7.05 Å². The zero-order valence-electron chi connectivity index (χ0n) is 9.18. The first-order chi connectivity index (χ1) is 7.72. The standard InChI is InChI=1S/C12H12N2O2/c1-14-11(7-8-13-14)9-3-5-10(6-4-9)12(15)16-2/h3-8H,1-2H3. The van der Waals surface area contributed by atoms with Crippen LogP contribution in [0.2, 0.25) is 0 Å². The molecule has 0 bridgehead atoms. The first kappa shape index (κ1) is 10.4. The summed E-state index contributed by atoms with van der Waals surface area (Å²) >= 11 is 0. The van der Waals surface area contributed by atoms with Crippen molar-refractivity contribution in [3.63, 3.8) is 0 Å². The van der Waals surface area contributed by atoms with Gasteiger partial charge in [-0.15, -0.1) is 0 Å². The molecule has 0 atom stereocenters. The molecule has 0 aliphatic carbocycles. The van der Waals surface area contributed by atoms with Gasteiger partial charge in [-0.1, -0.05) is 12.1 Å². The lowest BCUT2D eigenvalue weighted by atomic mass is 10.1. The van der Waals surface area contributed by atoms with Crippen molar-refractivity contribution in [3.8, 4) is 11.3 Å². The normalized spacial score (nSPS) is 10.1. The first-order valence-corrected chi connectivity index (χ1v) is 4.89. The maximum Gasteiger partial charge on any atom is 0.337 e. The van der Waals surface area contributed by atoms with Crippen LogP contribution in [-0.2, 0) is 11.8 Å². The maximum absolute atomic E-state index is 11.2. The second kappa shape index (κ2) is 4.18. The van der Waals surface area contributed by atoms with Gasteiger partial charge in [-0.3, -0.25) is 4.68 Å². The SMILES string of the molecule is COC(=O)c1ccc(-c2ccnn2C)cc1. The molecule has 2 aromatic rings. The molecule has 1 aromatic heterocycles. The molecule has 0 aliphatic rings. The van der Waals surface area contributed by atoms with Gasteiger partial charge in [0, 0.05) is 13.2 Å². The topological polar surface area (TPSA) is 44.1 Å². The van der Waals surface area contributed by atoms with Crippen molar-refractivity contribution in [3.05, 3.63) is 42.1 Å². The number of aromatic nitrogens is 2. The summed E-state index contributed by atoms with van der Waals surface area (Å²) < 4.78 is 6.42. The average Bonchev–Trinajstić information content (AvgIpc) is 2.75. The number of methoxy groups -OCH3 is 1. The van der Waals surface area contributed by atoms with Crippen LogP contribution in [0, 0.1) is 0 Å². The van der Waals surface area contributed by atoms with Gasteiger partial charge >= 0.3 is 5.97 Å². The van der Waals surface area contributed by atoms with Crippen LogP contribution in [0.4, 0.5) is 0 Å². The van der Waals surface area contributed by atoms with Gasteiger partial charge in [0.2, 0.25) is 0 Å². The van der Waals surface area contributed by atoms with Crippen LogP contribution in [0.25, 0.3) is 11.3 Å². The van der Waals surface area contributed by atoms with E-state index in [1.165, 1.54) is 7.11 Å². The Hall–Kier alpha value is -2.10. The predicted molar refractivity (Wildman–Crippen MR) is 60.0 cm³/mol. The Labute approximate surface area is 93.5 Å². The Kier molecular flexibility index (Phi) is 2.72. The number of esters is 1. The predicted octanol–water partition coefficient (Wildman–Crippen LogP) is 1.87. The minimum absolute atomic E-state index is 0.323. The number of rotatable bonds is 2. The molecule has 0 radical (unpaired) electrons. The van der Waals surface area contributed by atoms with E-state index in [2.05, 4.69) is 9.84 Å². The Morgan fingerprint density at radius 1 is 1.25 bits per heavy atom. The molecular weight excluding hydrogens is 204 g/mol. The molecule has 82 valence electrons. The molecule has 2 rings (SSSR count). The number of hydrogen-bond acceptors (Lipinski definition) is 3. The van der Waals surface area contributed by atoms with Crippen LogP contribution in [0.5, 0.6) is 0 Å². The highest BCUT2D eigenvalue weighted by Gasteiger charge is 2.06. The van der Waals surface area contributed by atoms with Crippen molar-refractivity contribution in [2.75, 3.05) is 7.11 Å². The monoisotopic (exact) mass is 216 g/mol. The van der Waals surface area contributed by atoms with Gasteiger partial charge in [-0.25, -0.2) is 4.79 Å². The average molecular weight is 216 g/mol. The summed E-state index contributed by atoms with van der Waals surface area (Å²) in [5, 5.41) is 4.09. The minimum Gasteiger partial charge on any atom is -0.465 e. The van der Waals surface area contributed by atoms with E-state index in [0.29, 0.717) is 5.56 Å². The molecule has 0 saturated heterocycles. The third-order valence-corrected chi connectivity index (χ3v) is 2.42. The van der Waals surface area contributed by atoms with Crippen LogP contribution in [0.1, 0.15) is 10.4 Å². The number of aryl methyl sites for hydroxylation is 1. The second-order valence-corrected chi connectivity index (χ2v) is 3.41. The lowest BCUT2D eigenvalue weighted by Gasteiger charge is -2.03. The largest absolute Gasteiger partial charge is 0.465 e. The zero-order chi connectivity index (χ0) is 11.5. The van der Waals surface area contributed by atoms with Crippen molar-refractivity contribution >= 4 is 5.97 Å². The Balaban J connectivity index is 2.33. The fourth-order valence-corrected chi connectivity index (χ4v) is 1.55. The maximum atomic E-state index is 11.2. The number of nitrogens with zero attached hydrogens (tertiary/aromatic N) is 2. The fourth-order valence-electron chi connectivity index (χ4n) is 1.55. The summed E-state index contributed by atoms with van der Waals surface area (Å²) in [6.45, 7) is 0. The van der Waals surface area contributed by atoms with Gasteiger partial charge < -0.3 is 4.74 Å². The lowest BCUT2D eigenvalue weighted by Crippen LogP contribution is -2.00. The lowest BCUT2D eigenvalue weighted by molar-refractivity contribution is 0.0601. The van der Waals surface area contributed by atoms with E-state index in [0.717, 1.165) is 11.3 Å². The first-order valence-electron chi connectivity index (χ1n) is 4.89.